The van der Waals surface area contributed by atoms with Crippen LogP contribution in [0, 0.1) is 0 Å². The maximum Gasteiger partial charge on any atom is 0.265 e. The predicted molar refractivity (Wildman–Crippen MR) is 95.1 cm³/mol. The summed E-state index contributed by atoms with van der Waals surface area (Å²) < 4.78 is 10.9. The van der Waals surface area contributed by atoms with Crippen LogP contribution in [0.4, 0.5) is 11.4 Å². The zero-order valence-electron chi connectivity index (χ0n) is 14.2. The van der Waals surface area contributed by atoms with E-state index < -0.39 is 6.04 Å². The molecule has 0 spiro atoms. The van der Waals surface area contributed by atoms with Crippen LogP contribution in [0.15, 0.2) is 48.5 Å². The van der Waals surface area contributed by atoms with Gasteiger partial charge in [-0.25, -0.2) is 0 Å². The van der Waals surface area contributed by atoms with Gasteiger partial charge in [0.15, 0.2) is 6.61 Å². The monoisotopic (exact) mass is 340 g/mol. The van der Waals surface area contributed by atoms with Crippen molar-refractivity contribution in [3.8, 4) is 11.5 Å². The maximum absolute atomic E-state index is 12.7. The summed E-state index contributed by atoms with van der Waals surface area (Å²) >= 11 is 0. The Morgan fingerprint density at radius 1 is 1.24 bits per heavy atom. The van der Waals surface area contributed by atoms with Gasteiger partial charge >= 0.3 is 0 Å². The van der Waals surface area contributed by atoms with Crippen molar-refractivity contribution in [1.29, 1.82) is 0 Å². The molecule has 0 bridgehead atoms. The number of hydrogen-bond donors (Lipinski definition) is 1. The van der Waals surface area contributed by atoms with Crippen LogP contribution in [-0.4, -0.2) is 31.1 Å². The van der Waals surface area contributed by atoms with E-state index in [2.05, 4.69) is 5.32 Å². The molecule has 0 saturated heterocycles. The largest absolute Gasteiger partial charge is 0.492 e. The lowest BCUT2D eigenvalue weighted by molar-refractivity contribution is -0.125. The normalized spacial score (nSPS) is 14.3. The van der Waals surface area contributed by atoms with E-state index in [4.69, 9.17) is 9.47 Å². The van der Waals surface area contributed by atoms with Gasteiger partial charge < -0.3 is 14.8 Å². The third-order valence-electron chi connectivity index (χ3n) is 3.96. The second kappa shape index (κ2) is 7.25. The molecule has 0 radical (unpaired) electrons. The molecule has 2 amide bonds. The van der Waals surface area contributed by atoms with Crippen LogP contribution in [0.1, 0.15) is 13.8 Å². The van der Waals surface area contributed by atoms with Gasteiger partial charge in [-0.3, -0.25) is 14.5 Å². The van der Waals surface area contributed by atoms with E-state index in [0.29, 0.717) is 29.5 Å². The molecular weight excluding hydrogens is 320 g/mol. The average molecular weight is 340 g/mol. The lowest BCUT2D eigenvalue weighted by Crippen LogP contribution is -2.49. The first kappa shape index (κ1) is 16.8. The van der Waals surface area contributed by atoms with Crippen molar-refractivity contribution in [3.63, 3.8) is 0 Å². The Morgan fingerprint density at radius 3 is 2.76 bits per heavy atom. The standard InChI is InChI=1S/C19H20N2O4/c1-3-24-16-10-6-4-8-14(16)20-19(23)13(2)21-15-9-5-7-11-17(15)25-12-18(21)22/h4-11,13H,3,12H2,1-2H3,(H,20,23). The predicted octanol–water partition coefficient (Wildman–Crippen LogP) is 2.84. The van der Waals surface area contributed by atoms with E-state index in [1.54, 1.807) is 31.2 Å². The first-order valence-electron chi connectivity index (χ1n) is 8.18. The second-order valence-corrected chi connectivity index (χ2v) is 5.61. The molecule has 25 heavy (non-hydrogen) atoms. The number of anilines is 2. The third-order valence-corrected chi connectivity index (χ3v) is 3.96. The van der Waals surface area contributed by atoms with Crippen molar-refractivity contribution < 1.29 is 19.1 Å². The Balaban J connectivity index is 1.83. The van der Waals surface area contributed by atoms with Crippen molar-refractivity contribution in [1.82, 2.24) is 0 Å². The number of para-hydroxylation sites is 4. The first-order valence-corrected chi connectivity index (χ1v) is 8.18. The fourth-order valence-electron chi connectivity index (χ4n) is 2.75. The summed E-state index contributed by atoms with van der Waals surface area (Å²) in [6, 6.07) is 13.7. The van der Waals surface area contributed by atoms with Crippen LogP contribution < -0.4 is 19.7 Å². The van der Waals surface area contributed by atoms with E-state index in [0.717, 1.165) is 0 Å². The smallest absolute Gasteiger partial charge is 0.265 e. The summed E-state index contributed by atoms with van der Waals surface area (Å²) in [6.45, 7) is 3.99. The molecule has 130 valence electrons. The van der Waals surface area contributed by atoms with Crippen molar-refractivity contribution in [2.75, 3.05) is 23.4 Å². The topological polar surface area (TPSA) is 67.9 Å². The van der Waals surface area contributed by atoms with Gasteiger partial charge in [-0.1, -0.05) is 24.3 Å². The fourth-order valence-corrected chi connectivity index (χ4v) is 2.75. The molecule has 3 rings (SSSR count). The van der Waals surface area contributed by atoms with Crippen LogP contribution in [0.3, 0.4) is 0 Å². The highest BCUT2D eigenvalue weighted by Gasteiger charge is 2.33. The third kappa shape index (κ3) is 3.42. The van der Waals surface area contributed by atoms with Crippen LogP contribution in [0.5, 0.6) is 11.5 Å². The van der Waals surface area contributed by atoms with Crippen LogP contribution in [0.25, 0.3) is 0 Å². The molecule has 0 aromatic heterocycles. The highest BCUT2D eigenvalue weighted by atomic mass is 16.5. The van der Waals surface area contributed by atoms with Gasteiger partial charge in [0.2, 0.25) is 5.91 Å². The zero-order chi connectivity index (χ0) is 17.8. The Bertz CT molecular complexity index is 790. The summed E-state index contributed by atoms with van der Waals surface area (Å²) in [5, 5.41) is 2.85. The van der Waals surface area contributed by atoms with E-state index in [-0.39, 0.29) is 18.4 Å². The average Bonchev–Trinajstić information content (AvgIpc) is 2.63. The van der Waals surface area contributed by atoms with Gasteiger partial charge in [-0.2, -0.15) is 0 Å². The molecule has 2 aromatic rings. The summed E-state index contributed by atoms with van der Waals surface area (Å²) in [7, 11) is 0. The lowest BCUT2D eigenvalue weighted by Gasteiger charge is -2.33. The number of nitrogens with one attached hydrogen (secondary N) is 1. The minimum atomic E-state index is -0.688. The number of amides is 2. The molecule has 1 aliphatic rings. The summed E-state index contributed by atoms with van der Waals surface area (Å²) in [6.07, 6.45) is 0. The highest BCUT2D eigenvalue weighted by Crippen LogP contribution is 2.33. The van der Waals surface area contributed by atoms with E-state index in [9.17, 15) is 9.59 Å². The molecule has 6 heteroatoms. The number of carbonyl (C=O) groups is 2. The lowest BCUT2D eigenvalue weighted by atomic mass is 10.1. The van der Waals surface area contributed by atoms with Gasteiger partial charge in [0.1, 0.15) is 17.5 Å². The van der Waals surface area contributed by atoms with Crippen molar-refractivity contribution >= 4 is 23.2 Å². The Hall–Kier alpha value is -3.02. The molecule has 0 aliphatic carbocycles. The van der Waals surface area contributed by atoms with Crippen molar-refractivity contribution in [3.05, 3.63) is 48.5 Å². The number of benzene rings is 2. The molecule has 6 nitrogen and oxygen atoms in total. The molecule has 0 saturated carbocycles. The van der Waals surface area contributed by atoms with Crippen LogP contribution >= 0.6 is 0 Å². The summed E-state index contributed by atoms with van der Waals surface area (Å²) in [5.41, 5.74) is 1.18. The first-order chi connectivity index (χ1) is 12.1. The van der Waals surface area contributed by atoms with Gasteiger partial charge in [0, 0.05) is 0 Å². The SMILES string of the molecule is CCOc1ccccc1NC(=O)C(C)N1C(=O)COc2ccccc21. The molecule has 1 unspecified atom stereocenters. The van der Waals surface area contributed by atoms with Gasteiger partial charge in [0.25, 0.3) is 5.91 Å². The van der Waals surface area contributed by atoms with Crippen LogP contribution in [-0.2, 0) is 9.59 Å². The van der Waals surface area contributed by atoms with Gasteiger partial charge in [0.05, 0.1) is 18.0 Å². The number of nitrogens with zero attached hydrogens (tertiary/aromatic N) is 1. The number of carbonyl (C=O) groups excluding carboxylic acids is 2. The molecule has 1 heterocycles. The number of ether oxygens (including phenoxy) is 2. The molecule has 1 aliphatic heterocycles. The van der Waals surface area contributed by atoms with E-state index in [1.807, 2.05) is 31.2 Å². The Morgan fingerprint density at radius 2 is 1.96 bits per heavy atom. The van der Waals surface area contributed by atoms with E-state index >= 15 is 0 Å². The number of fused-ring (bicyclic) bond motifs is 1. The Kier molecular flexibility index (Phi) is 4.88. The number of rotatable bonds is 5. The molecule has 0 fully saturated rings. The zero-order valence-corrected chi connectivity index (χ0v) is 14.2. The molecule has 1 atom stereocenters. The van der Waals surface area contributed by atoms with Crippen molar-refractivity contribution in [2.45, 2.75) is 19.9 Å². The van der Waals surface area contributed by atoms with Crippen LogP contribution in [0.2, 0.25) is 0 Å². The minimum absolute atomic E-state index is 0.0792. The molecule has 2 aromatic carbocycles. The van der Waals surface area contributed by atoms with Gasteiger partial charge in [-0.05, 0) is 38.1 Å². The second-order valence-electron chi connectivity index (χ2n) is 5.61. The minimum Gasteiger partial charge on any atom is -0.492 e. The number of hydrogen-bond acceptors (Lipinski definition) is 4. The maximum atomic E-state index is 12.7. The van der Waals surface area contributed by atoms with Crippen molar-refractivity contribution in [2.24, 2.45) is 0 Å². The summed E-state index contributed by atoms with van der Waals surface area (Å²) in [4.78, 5) is 26.5. The Labute approximate surface area is 146 Å². The van der Waals surface area contributed by atoms with E-state index in [1.165, 1.54) is 4.90 Å². The van der Waals surface area contributed by atoms with Gasteiger partial charge in [-0.15, -0.1) is 0 Å². The fraction of sp³-hybridized carbons (Fsp3) is 0.263. The summed E-state index contributed by atoms with van der Waals surface area (Å²) in [5.74, 6) is 0.646. The quantitative estimate of drug-likeness (QED) is 0.909. The molecule has 1 N–H and O–H groups in total. The molecular formula is C19H20N2O4. The highest BCUT2D eigenvalue weighted by molar-refractivity contribution is 6.07.